The van der Waals surface area contributed by atoms with Gasteiger partial charge in [0.25, 0.3) is 5.91 Å². The van der Waals surface area contributed by atoms with Gasteiger partial charge in [0.15, 0.2) is 0 Å². The lowest BCUT2D eigenvalue weighted by Gasteiger charge is -2.33. The van der Waals surface area contributed by atoms with Crippen molar-refractivity contribution in [2.24, 2.45) is 0 Å². The van der Waals surface area contributed by atoms with Gasteiger partial charge in [-0.2, -0.15) is 0 Å². The fraction of sp³-hybridized carbons (Fsp3) is 0.176. The van der Waals surface area contributed by atoms with Gasteiger partial charge in [-0.15, -0.1) is 0 Å². The molecule has 2 aromatic carbocycles. The predicted molar refractivity (Wildman–Crippen MR) is 93.1 cm³/mol. The number of carbonyl (C=O) groups excluding carboxylic acids is 1. The van der Waals surface area contributed by atoms with Gasteiger partial charge in [-0.05, 0) is 36.2 Å². The molecule has 0 aliphatic carbocycles. The Balaban J connectivity index is 1.90. The number of carbonyl (C=O) groups is 2. The predicted octanol–water partition coefficient (Wildman–Crippen LogP) is 4.35. The summed E-state index contributed by atoms with van der Waals surface area (Å²) in [5.41, 5.74) is 1.59. The summed E-state index contributed by atoms with van der Waals surface area (Å²) in [5.74, 6) is -0.296. The van der Waals surface area contributed by atoms with Gasteiger partial charge in [0, 0.05) is 11.6 Å². The zero-order valence-corrected chi connectivity index (χ0v) is 14.0. The van der Waals surface area contributed by atoms with Crippen LogP contribution in [0.15, 0.2) is 42.5 Å². The van der Waals surface area contributed by atoms with E-state index in [2.05, 4.69) is 5.32 Å². The molecule has 0 saturated heterocycles. The van der Waals surface area contributed by atoms with Gasteiger partial charge in [-0.1, -0.05) is 41.4 Å². The number of nitrogens with zero attached hydrogens (tertiary/aromatic N) is 1. The molecule has 2 aromatic rings. The number of anilines is 1. The maximum absolute atomic E-state index is 12.5. The number of hydrogen-bond donors (Lipinski definition) is 2. The van der Waals surface area contributed by atoms with Crippen LogP contribution in [0, 0.1) is 0 Å². The Labute approximate surface area is 148 Å². The molecular weight excluding hydrogens is 351 g/mol. The first-order valence-electron chi connectivity index (χ1n) is 7.32. The summed E-state index contributed by atoms with van der Waals surface area (Å²) < 4.78 is 0. The Bertz CT molecular complexity index is 810. The van der Waals surface area contributed by atoms with E-state index in [1.165, 1.54) is 4.90 Å². The molecule has 0 fully saturated rings. The topological polar surface area (TPSA) is 69.6 Å². The van der Waals surface area contributed by atoms with Crippen LogP contribution in [-0.4, -0.2) is 23.7 Å². The third-order valence-electron chi connectivity index (χ3n) is 3.95. The molecule has 2 amide bonds. The number of amides is 2. The average Bonchev–Trinajstić information content (AvgIpc) is 2.54. The van der Waals surface area contributed by atoms with Crippen molar-refractivity contribution in [3.63, 3.8) is 0 Å². The van der Waals surface area contributed by atoms with Gasteiger partial charge in [0.1, 0.15) is 0 Å². The Morgan fingerprint density at radius 3 is 2.62 bits per heavy atom. The van der Waals surface area contributed by atoms with Crippen molar-refractivity contribution < 1.29 is 14.7 Å². The second kappa shape index (κ2) is 6.71. The van der Waals surface area contributed by atoms with E-state index in [9.17, 15) is 14.7 Å². The number of carboxylic acid groups (broad SMARTS) is 1. The molecule has 0 spiro atoms. The number of halogens is 2. The third kappa shape index (κ3) is 3.18. The molecular formula is C17H14Cl2N2O3. The summed E-state index contributed by atoms with van der Waals surface area (Å²) in [5, 5.41) is 13.1. The van der Waals surface area contributed by atoms with Crippen LogP contribution < -0.4 is 10.2 Å². The highest BCUT2D eigenvalue weighted by Gasteiger charge is 2.30. The molecule has 3 rings (SSSR count). The van der Waals surface area contributed by atoms with Gasteiger partial charge in [-0.3, -0.25) is 9.69 Å². The molecule has 1 atom stereocenters. The smallest absolute Gasteiger partial charge is 0.411 e. The average molecular weight is 365 g/mol. The summed E-state index contributed by atoms with van der Waals surface area (Å²) >= 11 is 12.1. The quantitative estimate of drug-likeness (QED) is 0.831. The van der Waals surface area contributed by atoms with Gasteiger partial charge < -0.3 is 10.4 Å². The van der Waals surface area contributed by atoms with Crippen molar-refractivity contribution in [3.05, 3.63) is 63.6 Å². The molecule has 0 aromatic heterocycles. The van der Waals surface area contributed by atoms with E-state index in [4.69, 9.17) is 23.2 Å². The van der Waals surface area contributed by atoms with Gasteiger partial charge >= 0.3 is 6.09 Å². The van der Waals surface area contributed by atoms with Crippen molar-refractivity contribution in [3.8, 4) is 0 Å². The Morgan fingerprint density at radius 1 is 1.17 bits per heavy atom. The van der Waals surface area contributed by atoms with Gasteiger partial charge in [-0.25, -0.2) is 4.79 Å². The second-order valence-corrected chi connectivity index (χ2v) is 6.28. The SMILES string of the molecule is O=C(NC1CCN(C(=O)O)c2cc(Cl)ccc21)c1ccccc1Cl. The number of nitrogens with one attached hydrogen (secondary N) is 1. The van der Waals surface area contributed by atoms with E-state index in [0.717, 1.165) is 0 Å². The van der Waals surface area contributed by atoms with Crippen molar-refractivity contribution in [2.45, 2.75) is 12.5 Å². The zero-order valence-electron chi connectivity index (χ0n) is 12.5. The standard InChI is InChI=1S/C17H14Cl2N2O3/c18-10-5-6-12-14(7-8-21(17(23)24)15(12)9-10)20-16(22)11-3-1-2-4-13(11)19/h1-6,9,14H,7-8H2,(H,20,22)(H,23,24). The first kappa shape index (κ1) is 16.6. The molecule has 1 unspecified atom stereocenters. The number of benzene rings is 2. The normalized spacial score (nSPS) is 16.4. The summed E-state index contributed by atoms with van der Waals surface area (Å²) in [6.07, 6.45) is -0.577. The molecule has 124 valence electrons. The fourth-order valence-corrected chi connectivity index (χ4v) is 3.20. The molecule has 1 aliphatic rings. The van der Waals surface area contributed by atoms with Crippen molar-refractivity contribution in [2.75, 3.05) is 11.4 Å². The van der Waals surface area contributed by atoms with E-state index >= 15 is 0 Å². The van der Waals surface area contributed by atoms with Crippen molar-refractivity contribution in [1.29, 1.82) is 0 Å². The summed E-state index contributed by atoms with van der Waals surface area (Å²) in [6.45, 7) is 0.274. The summed E-state index contributed by atoms with van der Waals surface area (Å²) in [6, 6.07) is 11.5. The molecule has 5 nitrogen and oxygen atoms in total. The van der Waals surface area contributed by atoms with Crippen LogP contribution in [0.4, 0.5) is 10.5 Å². The van der Waals surface area contributed by atoms with E-state index in [0.29, 0.717) is 33.3 Å². The number of fused-ring (bicyclic) bond motifs is 1. The van der Waals surface area contributed by atoms with Crippen LogP contribution in [0.3, 0.4) is 0 Å². The van der Waals surface area contributed by atoms with Gasteiger partial charge in [0.2, 0.25) is 0 Å². The molecule has 1 aliphatic heterocycles. The lowest BCUT2D eigenvalue weighted by atomic mass is 9.96. The van der Waals surface area contributed by atoms with Crippen LogP contribution in [0.25, 0.3) is 0 Å². The molecule has 24 heavy (non-hydrogen) atoms. The van der Waals surface area contributed by atoms with Crippen LogP contribution in [-0.2, 0) is 0 Å². The van der Waals surface area contributed by atoms with Crippen LogP contribution in [0.2, 0.25) is 10.0 Å². The number of rotatable bonds is 2. The zero-order chi connectivity index (χ0) is 17.3. The highest BCUT2D eigenvalue weighted by Crippen LogP contribution is 2.36. The minimum atomic E-state index is -1.05. The lowest BCUT2D eigenvalue weighted by molar-refractivity contribution is 0.0934. The first-order valence-corrected chi connectivity index (χ1v) is 8.08. The maximum Gasteiger partial charge on any atom is 0.411 e. The highest BCUT2D eigenvalue weighted by molar-refractivity contribution is 6.33. The molecule has 1 heterocycles. The largest absolute Gasteiger partial charge is 0.465 e. The van der Waals surface area contributed by atoms with Crippen molar-refractivity contribution in [1.82, 2.24) is 5.32 Å². The Hall–Kier alpha value is -2.24. The van der Waals surface area contributed by atoms with E-state index in [1.807, 2.05) is 0 Å². The van der Waals surface area contributed by atoms with Crippen LogP contribution >= 0.6 is 23.2 Å². The number of hydrogen-bond acceptors (Lipinski definition) is 2. The van der Waals surface area contributed by atoms with E-state index in [-0.39, 0.29) is 18.5 Å². The van der Waals surface area contributed by atoms with Gasteiger partial charge in [0.05, 0.1) is 22.3 Å². The van der Waals surface area contributed by atoms with Crippen molar-refractivity contribution >= 4 is 40.9 Å². The summed E-state index contributed by atoms with van der Waals surface area (Å²) in [4.78, 5) is 25.1. The van der Waals surface area contributed by atoms with Crippen LogP contribution in [0.1, 0.15) is 28.4 Å². The summed E-state index contributed by atoms with van der Waals surface area (Å²) in [7, 11) is 0. The third-order valence-corrected chi connectivity index (χ3v) is 4.52. The molecule has 0 bridgehead atoms. The molecule has 0 saturated carbocycles. The lowest BCUT2D eigenvalue weighted by Crippen LogP contribution is -2.40. The highest BCUT2D eigenvalue weighted by atomic mass is 35.5. The molecule has 2 N–H and O–H groups in total. The maximum atomic E-state index is 12.5. The fourth-order valence-electron chi connectivity index (χ4n) is 2.81. The Morgan fingerprint density at radius 2 is 1.92 bits per heavy atom. The Kier molecular flexibility index (Phi) is 4.64. The first-order chi connectivity index (χ1) is 11.5. The second-order valence-electron chi connectivity index (χ2n) is 5.43. The minimum Gasteiger partial charge on any atom is -0.465 e. The van der Waals surface area contributed by atoms with Crippen LogP contribution in [0.5, 0.6) is 0 Å². The van der Waals surface area contributed by atoms with E-state index in [1.54, 1.807) is 42.5 Å². The molecule has 7 heteroatoms. The monoisotopic (exact) mass is 364 g/mol. The molecule has 0 radical (unpaired) electrons. The minimum absolute atomic E-state index is 0.274. The van der Waals surface area contributed by atoms with E-state index < -0.39 is 6.09 Å².